The van der Waals surface area contributed by atoms with Crippen molar-refractivity contribution in [3.63, 3.8) is 0 Å². The van der Waals surface area contributed by atoms with Gasteiger partial charge in [0.15, 0.2) is 0 Å². The molecular weight excluding hydrogens is 316 g/mol. The van der Waals surface area contributed by atoms with Crippen molar-refractivity contribution >= 4 is 17.7 Å². The van der Waals surface area contributed by atoms with Crippen molar-refractivity contribution in [2.24, 2.45) is 0 Å². The zero-order chi connectivity index (χ0) is 16.8. The Morgan fingerprint density at radius 3 is 2.48 bits per heavy atom. The summed E-state index contributed by atoms with van der Waals surface area (Å²) in [6.45, 7) is 3.99. The average Bonchev–Trinajstić information content (AvgIpc) is 2.54. The highest BCUT2D eigenvalue weighted by atomic mass is 32.2. The number of aryl methyl sites for hydroxylation is 1. The number of amides is 1. The zero-order valence-corrected chi connectivity index (χ0v) is 13.9. The lowest BCUT2D eigenvalue weighted by molar-refractivity contribution is -0.119. The van der Waals surface area contributed by atoms with Crippen molar-refractivity contribution in [3.8, 4) is 0 Å². The molecule has 1 N–H and O–H groups in total. The van der Waals surface area contributed by atoms with Gasteiger partial charge in [-0.25, -0.2) is 8.78 Å². The standard InChI is InChI=1S/C18H19F2NOS/c1-3-13-4-6-14(7-5-13)12(2)21-18(22)11-23-17-9-8-15(19)10-16(17)20/h4-10,12H,3,11H2,1-2H3,(H,21,22)/t12-/m1/s1. The van der Waals surface area contributed by atoms with Crippen LogP contribution in [0.1, 0.15) is 31.0 Å². The van der Waals surface area contributed by atoms with E-state index in [4.69, 9.17) is 0 Å². The fourth-order valence-electron chi connectivity index (χ4n) is 2.14. The lowest BCUT2D eigenvalue weighted by atomic mass is 10.1. The highest BCUT2D eigenvalue weighted by Crippen LogP contribution is 2.22. The molecular formula is C18H19F2NOS. The van der Waals surface area contributed by atoms with E-state index in [0.29, 0.717) is 0 Å². The van der Waals surface area contributed by atoms with Crippen molar-refractivity contribution in [1.29, 1.82) is 0 Å². The third-order valence-corrected chi connectivity index (χ3v) is 4.57. The molecule has 0 spiro atoms. The van der Waals surface area contributed by atoms with Gasteiger partial charge in [-0.3, -0.25) is 4.79 Å². The molecule has 0 saturated carbocycles. The minimum Gasteiger partial charge on any atom is -0.349 e. The maximum atomic E-state index is 13.5. The monoisotopic (exact) mass is 335 g/mol. The first-order valence-corrected chi connectivity index (χ1v) is 8.44. The van der Waals surface area contributed by atoms with E-state index in [1.54, 1.807) is 0 Å². The Labute approximate surface area is 139 Å². The van der Waals surface area contributed by atoms with Crippen molar-refractivity contribution in [1.82, 2.24) is 5.32 Å². The number of hydrogen-bond acceptors (Lipinski definition) is 2. The molecule has 122 valence electrons. The van der Waals surface area contributed by atoms with Crippen LogP contribution >= 0.6 is 11.8 Å². The average molecular weight is 335 g/mol. The molecule has 0 heterocycles. The minimum atomic E-state index is -0.647. The maximum Gasteiger partial charge on any atom is 0.230 e. The normalized spacial score (nSPS) is 12.0. The van der Waals surface area contributed by atoms with Crippen LogP contribution in [0.3, 0.4) is 0 Å². The summed E-state index contributed by atoms with van der Waals surface area (Å²) in [6.07, 6.45) is 0.973. The summed E-state index contributed by atoms with van der Waals surface area (Å²) < 4.78 is 26.3. The number of benzene rings is 2. The van der Waals surface area contributed by atoms with Crippen molar-refractivity contribution in [3.05, 3.63) is 65.2 Å². The summed E-state index contributed by atoms with van der Waals surface area (Å²) in [5, 5.41) is 2.88. The molecule has 2 nitrogen and oxygen atoms in total. The molecule has 2 aromatic rings. The first kappa shape index (κ1) is 17.5. The fraction of sp³-hybridized carbons (Fsp3) is 0.278. The molecule has 0 unspecified atom stereocenters. The van der Waals surface area contributed by atoms with Crippen LogP contribution in [-0.4, -0.2) is 11.7 Å². The molecule has 0 saturated heterocycles. The van der Waals surface area contributed by atoms with E-state index in [9.17, 15) is 13.6 Å². The van der Waals surface area contributed by atoms with Gasteiger partial charge in [0.2, 0.25) is 5.91 Å². The smallest absolute Gasteiger partial charge is 0.230 e. The number of halogens is 2. The third kappa shape index (κ3) is 5.06. The van der Waals surface area contributed by atoms with E-state index in [-0.39, 0.29) is 22.6 Å². The van der Waals surface area contributed by atoms with Gasteiger partial charge < -0.3 is 5.32 Å². The predicted molar refractivity (Wildman–Crippen MR) is 89.5 cm³/mol. The van der Waals surface area contributed by atoms with Crippen molar-refractivity contribution in [2.75, 3.05) is 5.75 Å². The van der Waals surface area contributed by atoms with Crippen LogP contribution in [0.5, 0.6) is 0 Å². The molecule has 0 aliphatic carbocycles. The third-order valence-electron chi connectivity index (χ3n) is 3.52. The van der Waals surface area contributed by atoms with E-state index < -0.39 is 11.6 Å². The van der Waals surface area contributed by atoms with Gasteiger partial charge in [-0.1, -0.05) is 31.2 Å². The van der Waals surface area contributed by atoms with Crippen LogP contribution in [0.25, 0.3) is 0 Å². The molecule has 0 fully saturated rings. The van der Waals surface area contributed by atoms with Gasteiger partial charge in [0, 0.05) is 11.0 Å². The SMILES string of the molecule is CCc1ccc([C@@H](C)NC(=O)CSc2ccc(F)cc2F)cc1. The van der Waals surface area contributed by atoms with E-state index in [2.05, 4.69) is 12.2 Å². The Kier molecular flexibility index (Phi) is 6.16. The van der Waals surface area contributed by atoms with Gasteiger partial charge in [-0.15, -0.1) is 11.8 Å². The van der Waals surface area contributed by atoms with Crippen molar-refractivity contribution < 1.29 is 13.6 Å². The number of thioether (sulfide) groups is 1. The van der Waals surface area contributed by atoms with Crippen LogP contribution in [0.2, 0.25) is 0 Å². The Bertz CT molecular complexity index is 673. The number of nitrogens with one attached hydrogen (secondary N) is 1. The second kappa shape index (κ2) is 8.11. The second-order valence-corrected chi connectivity index (χ2v) is 6.26. The summed E-state index contributed by atoms with van der Waals surface area (Å²) in [7, 11) is 0. The molecule has 0 radical (unpaired) electrons. The van der Waals surface area contributed by atoms with Gasteiger partial charge in [-0.2, -0.15) is 0 Å². The van der Waals surface area contributed by atoms with Crippen LogP contribution in [-0.2, 0) is 11.2 Å². The first-order chi connectivity index (χ1) is 11.0. The van der Waals surface area contributed by atoms with Crippen LogP contribution in [0.15, 0.2) is 47.4 Å². The quantitative estimate of drug-likeness (QED) is 0.788. The Morgan fingerprint density at radius 2 is 1.87 bits per heavy atom. The van der Waals surface area contributed by atoms with Gasteiger partial charge in [0.1, 0.15) is 11.6 Å². The van der Waals surface area contributed by atoms with E-state index in [1.807, 2.05) is 31.2 Å². The molecule has 0 bridgehead atoms. The molecule has 0 aromatic heterocycles. The number of carbonyl (C=O) groups excluding carboxylic acids is 1. The Balaban J connectivity index is 1.88. The maximum absolute atomic E-state index is 13.5. The molecule has 1 amide bonds. The van der Waals surface area contributed by atoms with Gasteiger partial charge >= 0.3 is 0 Å². The van der Waals surface area contributed by atoms with Crippen LogP contribution < -0.4 is 5.32 Å². The van der Waals surface area contributed by atoms with Crippen LogP contribution in [0.4, 0.5) is 8.78 Å². The van der Waals surface area contributed by atoms with Gasteiger partial charge in [-0.05, 0) is 36.6 Å². The number of rotatable bonds is 6. The summed E-state index contributed by atoms with van der Waals surface area (Å²) in [6, 6.07) is 11.3. The second-order valence-electron chi connectivity index (χ2n) is 5.25. The van der Waals surface area contributed by atoms with Gasteiger partial charge in [0.05, 0.1) is 11.8 Å². The summed E-state index contributed by atoms with van der Waals surface area (Å²) >= 11 is 1.05. The molecule has 2 rings (SSSR count). The molecule has 23 heavy (non-hydrogen) atoms. The fourth-order valence-corrected chi connectivity index (χ4v) is 2.88. The predicted octanol–water partition coefficient (Wildman–Crippen LogP) is 4.50. The summed E-state index contributed by atoms with van der Waals surface area (Å²) in [5.41, 5.74) is 2.27. The first-order valence-electron chi connectivity index (χ1n) is 7.45. The Morgan fingerprint density at radius 1 is 1.17 bits per heavy atom. The molecule has 0 aliphatic rings. The summed E-state index contributed by atoms with van der Waals surface area (Å²) in [4.78, 5) is 12.2. The molecule has 0 aliphatic heterocycles. The lowest BCUT2D eigenvalue weighted by Gasteiger charge is -2.14. The largest absolute Gasteiger partial charge is 0.349 e. The zero-order valence-electron chi connectivity index (χ0n) is 13.1. The highest BCUT2D eigenvalue weighted by molar-refractivity contribution is 8.00. The molecule has 5 heteroatoms. The summed E-state index contributed by atoms with van der Waals surface area (Å²) in [5.74, 6) is -1.38. The Hall–Kier alpha value is -1.88. The van der Waals surface area contributed by atoms with Gasteiger partial charge in [0.25, 0.3) is 0 Å². The van der Waals surface area contributed by atoms with E-state index in [1.165, 1.54) is 17.7 Å². The van der Waals surface area contributed by atoms with Crippen LogP contribution in [0, 0.1) is 11.6 Å². The molecule has 1 atom stereocenters. The molecule has 2 aromatic carbocycles. The van der Waals surface area contributed by atoms with Crippen molar-refractivity contribution in [2.45, 2.75) is 31.2 Å². The lowest BCUT2D eigenvalue weighted by Crippen LogP contribution is -2.28. The number of hydrogen-bond donors (Lipinski definition) is 1. The highest BCUT2D eigenvalue weighted by Gasteiger charge is 2.11. The topological polar surface area (TPSA) is 29.1 Å². The van der Waals surface area contributed by atoms with E-state index >= 15 is 0 Å². The minimum absolute atomic E-state index is 0.0833. The van der Waals surface area contributed by atoms with E-state index in [0.717, 1.165) is 29.8 Å². The number of carbonyl (C=O) groups is 1.